The van der Waals surface area contributed by atoms with Gasteiger partial charge in [-0.15, -0.1) is 11.3 Å². The maximum absolute atomic E-state index is 12.8. The average molecular weight is 407 g/mol. The molecule has 0 spiro atoms. The Morgan fingerprint density at radius 3 is 2.37 bits per heavy atom. The molecule has 0 N–H and O–H groups in total. The van der Waals surface area contributed by atoms with Crippen LogP contribution in [0.3, 0.4) is 0 Å². The van der Waals surface area contributed by atoms with Gasteiger partial charge in [0.1, 0.15) is 9.96 Å². The van der Waals surface area contributed by atoms with Gasteiger partial charge in [-0.1, -0.05) is 18.6 Å². The van der Waals surface area contributed by atoms with Crippen LogP contribution in [0, 0.1) is 0 Å². The van der Waals surface area contributed by atoms with Crippen molar-refractivity contribution in [1.29, 1.82) is 0 Å². The summed E-state index contributed by atoms with van der Waals surface area (Å²) in [5.74, 6) is -0.692. The number of methoxy groups -OCH3 is 1. The zero-order chi connectivity index (χ0) is 19.4. The molecule has 144 valence electrons. The summed E-state index contributed by atoms with van der Waals surface area (Å²) in [6, 6.07) is 9.88. The molecule has 1 aliphatic rings. The van der Waals surface area contributed by atoms with E-state index >= 15 is 0 Å². The average Bonchev–Trinajstić information content (AvgIpc) is 3.17. The first-order chi connectivity index (χ1) is 12.9. The predicted molar refractivity (Wildman–Crippen MR) is 103 cm³/mol. The summed E-state index contributed by atoms with van der Waals surface area (Å²) in [7, 11) is -2.04. The number of piperidine rings is 1. The van der Waals surface area contributed by atoms with Gasteiger partial charge in [-0.2, -0.15) is 4.31 Å². The van der Waals surface area contributed by atoms with E-state index in [2.05, 4.69) is 0 Å². The van der Waals surface area contributed by atoms with E-state index in [1.807, 2.05) is 0 Å². The van der Waals surface area contributed by atoms with Crippen LogP contribution in [0.1, 0.15) is 29.7 Å². The minimum absolute atomic E-state index is 0.0507. The van der Waals surface area contributed by atoms with Gasteiger partial charge >= 0.3 is 0 Å². The Balaban J connectivity index is 1.91. The first-order valence-electron chi connectivity index (χ1n) is 8.59. The topological polar surface area (TPSA) is 86.7 Å². The number of thiophene rings is 1. The smallest absolute Gasteiger partial charge is 0.252 e. The van der Waals surface area contributed by atoms with Crippen LogP contribution in [0.2, 0.25) is 0 Å². The Hall–Kier alpha value is -2.16. The zero-order valence-corrected chi connectivity index (χ0v) is 16.5. The normalized spacial score (nSPS) is 16.3. The van der Waals surface area contributed by atoms with E-state index in [4.69, 9.17) is 4.74 Å². The third kappa shape index (κ3) is 4.40. The lowest BCUT2D eigenvalue weighted by Crippen LogP contribution is -2.35. The van der Waals surface area contributed by atoms with Crippen molar-refractivity contribution in [2.75, 3.05) is 20.2 Å². The lowest BCUT2D eigenvalue weighted by atomic mass is 10.1. The molecule has 0 amide bonds. The molecule has 27 heavy (non-hydrogen) atoms. The van der Waals surface area contributed by atoms with Gasteiger partial charge in [-0.3, -0.25) is 0 Å². The zero-order valence-electron chi connectivity index (χ0n) is 14.9. The fraction of sp³-hybridized carbons (Fsp3) is 0.316. The van der Waals surface area contributed by atoms with Crippen molar-refractivity contribution in [2.24, 2.45) is 0 Å². The highest BCUT2D eigenvalue weighted by Gasteiger charge is 2.27. The number of carboxylic acids is 1. The SMILES string of the molecule is COc1ccc(/C=C(/C(=O)[O-])c2ccc(S(=O)(=O)N3CCCCC3)s2)cc1. The van der Waals surface area contributed by atoms with Gasteiger partial charge in [0.2, 0.25) is 0 Å². The first kappa shape index (κ1) is 19.6. The molecule has 1 aromatic carbocycles. The first-order valence-corrected chi connectivity index (χ1v) is 10.8. The molecule has 0 aliphatic carbocycles. The van der Waals surface area contributed by atoms with Gasteiger partial charge in [0.15, 0.2) is 0 Å². The minimum Gasteiger partial charge on any atom is -0.545 e. The minimum atomic E-state index is -3.59. The number of carbonyl (C=O) groups excluding carboxylic acids is 1. The molecule has 1 saturated heterocycles. The number of carboxylic acid groups (broad SMARTS) is 1. The van der Waals surface area contributed by atoms with E-state index in [1.165, 1.54) is 22.5 Å². The van der Waals surface area contributed by atoms with E-state index in [0.717, 1.165) is 30.6 Å². The summed E-state index contributed by atoms with van der Waals surface area (Å²) in [6.07, 6.45) is 4.19. The number of benzene rings is 1. The van der Waals surface area contributed by atoms with Crippen molar-refractivity contribution in [3.63, 3.8) is 0 Å². The van der Waals surface area contributed by atoms with Crippen LogP contribution in [0.4, 0.5) is 0 Å². The summed E-state index contributed by atoms with van der Waals surface area (Å²) < 4.78 is 32.2. The molecule has 0 atom stereocenters. The van der Waals surface area contributed by atoms with Gasteiger partial charge in [-0.05, 0) is 48.7 Å². The van der Waals surface area contributed by atoms with E-state index in [1.54, 1.807) is 31.4 Å². The van der Waals surface area contributed by atoms with Gasteiger partial charge in [-0.25, -0.2) is 8.42 Å². The number of hydrogen-bond donors (Lipinski definition) is 0. The number of aliphatic carboxylic acids is 1. The van der Waals surface area contributed by atoms with Crippen molar-refractivity contribution in [2.45, 2.75) is 23.5 Å². The van der Waals surface area contributed by atoms with E-state index < -0.39 is 16.0 Å². The number of rotatable bonds is 6. The Bertz CT molecular complexity index is 939. The van der Waals surface area contributed by atoms with Crippen LogP contribution in [0.25, 0.3) is 11.6 Å². The molecule has 2 aromatic rings. The Morgan fingerprint density at radius 1 is 1.11 bits per heavy atom. The number of sulfonamides is 1. The van der Waals surface area contributed by atoms with Crippen LogP contribution in [-0.2, 0) is 14.8 Å². The molecular weight excluding hydrogens is 386 g/mol. The number of carbonyl (C=O) groups is 1. The van der Waals surface area contributed by atoms with Gasteiger partial charge in [0, 0.05) is 23.5 Å². The number of ether oxygens (including phenoxy) is 1. The summed E-state index contributed by atoms with van der Waals surface area (Å²) >= 11 is 0.953. The number of hydrogen-bond acceptors (Lipinski definition) is 6. The van der Waals surface area contributed by atoms with Gasteiger partial charge < -0.3 is 14.6 Å². The highest BCUT2D eigenvalue weighted by atomic mass is 32.2. The second kappa shape index (κ2) is 8.24. The highest BCUT2D eigenvalue weighted by molar-refractivity contribution is 7.91. The monoisotopic (exact) mass is 406 g/mol. The second-order valence-electron chi connectivity index (χ2n) is 6.20. The standard InChI is InChI=1S/C19H21NO5S2/c1-25-15-7-5-14(6-8-15)13-16(19(21)22)17-9-10-18(26-17)27(23,24)20-11-3-2-4-12-20/h5-10,13H,2-4,11-12H2,1H3,(H,21,22)/p-1/b16-13+. The van der Waals surface area contributed by atoms with Crippen molar-refractivity contribution in [3.8, 4) is 5.75 Å². The van der Waals surface area contributed by atoms with Crippen molar-refractivity contribution in [3.05, 3.63) is 46.8 Å². The maximum atomic E-state index is 12.8. The van der Waals surface area contributed by atoms with E-state index in [0.29, 0.717) is 29.3 Å². The van der Waals surface area contributed by atoms with Crippen molar-refractivity contribution in [1.82, 2.24) is 4.31 Å². The summed E-state index contributed by atoms with van der Waals surface area (Å²) in [4.78, 5) is 12.0. The van der Waals surface area contributed by atoms with Crippen LogP contribution >= 0.6 is 11.3 Å². The Morgan fingerprint density at radius 2 is 1.78 bits per heavy atom. The summed E-state index contributed by atoms with van der Waals surface area (Å²) in [5.41, 5.74) is 0.606. The molecule has 2 heterocycles. The molecule has 3 rings (SSSR count). The lowest BCUT2D eigenvalue weighted by molar-refractivity contribution is -0.295. The summed E-state index contributed by atoms with van der Waals surface area (Å²) in [5, 5.41) is 11.6. The summed E-state index contributed by atoms with van der Waals surface area (Å²) in [6.45, 7) is 1.01. The predicted octanol–water partition coefficient (Wildman–Crippen LogP) is 2.22. The molecule has 0 radical (unpaired) electrons. The molecule has 6 nitrogen and oxygen atoms in total. The quantitative estimate of drug-likeness (QED) is 0.687. The molecule has 0 bridgehead atoms. The maximum Gasteiger partial charge on any atom is 0.252 e. The van der Waals surface area contributed by atoms with E-state index in [-0.39, 0.29) is 9.78 Å². The van der Waals surface area contributed by atoms with Crippen molar-refractivity contribution < 1.29 is 23.1 Å². The molecular formula is C19H20NO5S2-. The Labute approximate surface area is 162 Å². The van der Waals surface area contributed by atoms with Crippen LogP contribution < -0.4 is 9.84 Å². The largest absolute Gasteiger partial charge is 0.545 e. The number of nitrogens with zero attached hydrogens (tertiary/aromatic N) is 1. The highest BCUT2D eigenvalue weighted by Crippen LogP contribution is 2.31. The molecule has 1 aliphatic heterocycles. The van der Waals surface area contributed by atoms with Gasteiger partial charge in [0.05, 0.1) is 13.1 Å². The third-order valence-electron chi connectivity index (χ3n) is 4.40. The lowest BCUT2D eigenvalue weighted by Gasteiger charge is -2.25. The molecule has 1 fully saturated rings. The van der Waals surface area contributed by atoms with E-state index in [9.17, 15) is 18.3 Å². The molecule has 8 heteroatoms. The van der Waals surface area contributed by atoms with Crippen LogP contribution in [0.5, 0.6) is 5.75 Å². The fourth-order valence-electron chi connectivity index (χ4n) is 2.93. The molecule has 0 unspecified atom stereocenters. The van der Waals surface area contributed by atoms with Crippen LogP contribution in [-0.4, -0.2) is 38.9 Å². The molecule has 0 saturated carbocycles. The second-order valence-corrected chi connectivity index (χ2v) is 9.45. The van der Waals surface area contributed by atoms with Crippen LogP contribution in [0.15, 0.2) is 40.6 Å². The third-order valence-corrected chi connectivity index (χ3v) is 7.89. The Kier molecular flexibility index (Phi) is 5.98. The van der Waals surface area contributed by atoms with Gasteiger partial charge in [0.25, 0.3) is 10.0 Å². The molecule has 1 aromatic heterocycles. The van der Waals surface area contributed by atoms with Crippen molar-refractivity contribution >= 4 is 39.0 Å². The fourth-order valence-corrected chi connectivity index (χ4v) is 5.91.